The van der Waals surface area contributed by atoms with E-state index in [-0.39, 0.29) is 0 Å². The van der Waals surface area contributed by atoms with Crippen LogP contribution in [0.3, 0.4) is 0 Å². The summed E-state index contributed by atoms with van der Waals surface area (Å²) in [7, 11) is -3.38. The van der Waals surface area contributed by atoms with Crippen LogP contribution in [0.1, 0.15) is 30.4 Å². The summed E-state index contributed by atoms with van der Waals surface area (Å²) < 4.78 is 27.8. The van der Waals surface area contributed by atoms with Gasteiger partial charge < -0.3 is 0 Å². The highest BCUT2D eigenvalue weighted by Crippen LogP contribution is 2.34. The lowest BCUT2D eigenvalue weighted by Crippen LogP contribution is -2.36. The van der Waals surface area contributed by atoms with Gasteiger partial charge in [0.05, 0.1) is 4.90 Å². The molecule has 22 heavy (non-hydrogen) atoms. The van der Waals surface area contributed by atoms with E-state index in [2.05, 4.69) is 24.3 Å². The molecule has 1 aliphatic heterocycles. The van der Waals surface area contributed by atoms with Gasteiger partial charge in [0.2, 0.25) is 10.0 Å². The van der Waals surface area contributed by atoms with Gasteiger partial charge in [-0.05, 0) is 47.2 Å². The fourth-order valence-electron chi connectivity index (χ4n) is 3.60. The minimum Gasteiger partial charge on any atom is -0.207 e. The molecule has 0 atom stereocenters. The highest BCUT2D eigenvalue weighted by atomic mass is 32.2. The first-order valence-electron chi connectivity index (χ1n) is 7.89. The van der Waals surface area contributed by atoms with E-state index in [0.29, 0.717) is 24.4 Å². The van der Waals surface area contributed by atoms with E-state index in [1.807, 2.05) is 12.1 Å². The van der Waals surface area contributed by atoms with Crippen molar-refractivity contribution in [3.05, 3.63) is 47.5 Å². The van der Waals surface area contributed by atoms with Gasteiger partial charge in [-0.1, -0.05) is 42.8 Å². The fourth-order valence-corrected chi connectivity index (χ4v) is 5.35. The van der Waals surface area contributed by atoms with Crippen molar-refractivity contribution in [3.8, 4) is 0 Å². The van der Waals surface area contributed by atoms with E-state index in [1.54, 1.807) is 10.4 Å². The van der Waals surface area contributed by atoms with Gasteiger partial charge in [0.15, 0.2) is 0 Å². The Hall–Kier alpha value is -1.65. The van der Waals surface area contributed by atoms with Crippen LogP contribution in [0.2, 0.25) is 0 Å². The molecular weight excluding hydrogens is 294 g/mol. The molecule has 0 bridgehead atoms. The van der Waals surface area contributed by atoms with Crippen LogP contribution in [0.4, 0.5) is 0 Å². The zero-order valence-corrected chi connectivity index (χ0v) is 13.3. The number of benzene rings is 2. The first-order valence-corrected chi connectivity index (χ1v) is 9.33. The zero-order chi connectivity index (χ0) is 15.2. The van der Waals surface area contributed by atoms with Gasteiger partial charge in [0, 0.05) is 13.1 Å². The number of hydrogen-bond acceptors (Lipinski definition) is 2. The van der Waals surface area contributed by atoms with E-state index in [0.717, 1.165) is 41.2 Å². The molecule has 2 aliphatic rings. The quantitative estimate of drug-likeness (QED) is 0.850. The van der Waals surface area contributed by atoms with Crippen molar-refractivity contribution in [1.82, 2.24) is 4.31 Å². The molecule has 1 saturated heterocycles. The lowest BCUT2D eigenvalue weighted by molar-refractivity contribution is 0.346. The van der Waals surface area contributed by atoms with Crippen LogP contribution in [-0.2, 0) is 16.4 Å². The second kappa shape index (κ2) is 5.21. The second-order valence-electron chi connectivity index (χ2n) is 6.06. The van der Waals surface area contributed by atoms with Crippen LogP contribution in [0.15, 0.2) is 41.3 Å². The number of piperidine rings is 1. The molecule has 0 radical (unpaired) electrons. The minimum absolute atomic E-state index is 0.499. The van der Waals surface area contributed by atoms with E-state index >= 15 is 0 Å². The second-order valence-corrected chi connectivity index (χ2v) is 7.97. The predicted molar refractivity (Wildman–Crippen MR) is 89.3 cm³/mol. The lowest BCUT2D eigenvalue weighted by Gasteiger charge is -2.27. The Kier molecular flexibility index (Phi) is 3.31. The van der Waals surface area contributed by atoms with Gasteiger partial charge in [-0.25, -0.2) is 8.42 Å². The van der Waals surface area contributed by atoms with Crippen molar-refractivity contribution in [2.45, 2.75) is 30.6 Å². The third kappa shape index (κ3) is 2.09. The summed E-state index contributed by atoms with van der Waals surface area (Å²) in [6.07, 6.45) is 7.90. The van der Waals surface area contributed by atoms with Crippen molar-refractivity contribution in [1.29, 1.82) is 0 Å². The zero-order valence-electron chi connectivity index (χ0n) is 12.5. The maximum Gasteiger partial charge on any atom is 0.243 e. The highest BCUT2D eigenvalue weighted by molar-refractivity contribution is 7.89. The summed E-state index contributed by atoms with van der Waals surface area (Å²) in [5, 5.41) is 2.22. The first kappa shape index (κ1) is 14.0. The summed E-state index contributed by atoms with van der Waals surface area (Å²) in [4.78, 5) is 0.499. The van der Waals surface area contributed by atoms with Gasteiger partial charge in [0.1, 0.15) is 0 Å². The van der Waals surface area contributed by atoms with Crippen LogP contribution >= 0.6 is 0 Å². The molecule has 0 amide bonds. The normalized spacial score (nSPS) is 18.7. The lowest BCUT2D eigenvalue weighted by atomic mass is 9.93. The maximum atomic E-state index is 13.0. The van der Waals surface area contributed by atoms with E-state index in [9.17, 15) is 8.42 Å². The van der Waals surface area contributed by atoms with Crippen molar-refractivity contribution in [2.75, 3.05) is 13.1 Å². The number of allylic oxidation sites excluding steroid dienone is 1. The molecule has 1 fully saturated rings. The van der Waals surface area contributed by atoms with Gasteiger partial charge in [-0.15, -0.1) is 0 Å². The Morgan fingerprint density at radius 1 is 0.955 bits per heavy atom. The molecule has 0 unspecified atom stereocenters. The Balaban J connectivity index is 1.92. The molecule has 2 aromatic carbocycles. The average molecular weight is 313 g/mol. The van der Waals surface area contributed by atoms with Crippen LogP contribution in [-0.4, -0.2) is 25.8 Å². The molecule has 0 N–H and O–H groups in total. The third-order valence-electron chi connectivity index (χ3n) is 4.69. The highest BCUT2D eigenvalue weighted by Gasteiger charge is 2.29. The predicted octanol–water partition coefficient (Wildman–Crippen LogP) is 3.58. The number of rotatable bonds is 2. The van der Waals surface area contributed by atoms with E-state index in [4.69, 9.17) is 0 Å². The molecule has 1 aliphatic carbocycles. The third-order valence-corrected chi connectivity index (χ3v) is 6.68. The van der Waals surface area contributed by atoms with Crippen molar-refractivity contribution in [2.24, 2.45) is 0 Å². The standard InChI is InChI=1S/C18H19NO2S/c20-22(21,19-12-2-1-3-13-19)17-11-10-15-7-4-6-14-8-5-9-16(17)18(14)15/h4-8,10-11H,1-3,9,12-13H2. The maximum absolute atomic E-state index is 13.0. The van der Waals surface area contributed by atoms with Crippen LogP contribution < -0.4 is 0 Å². The Labute approximate surface area is 131 Å². The molecular formula is C18H19NO2S. The smallest absolute Gasteiger partial charge is 0.207 e. The molecule has 4 rings (SSSR count). The number of nitrogens with zero attached hydrogens (tertiary/aromatic N) is 1. The Morgan fingerprint density at radius 2 is 1.77 bits per heavy atom. The number of hydrogen-bond donors (Lipinski definition) is 0. The van der Waals surface area contributed by atoms with Gasteiger partial charge >= 0.3 is 0 Å². The SMILES string of the molecule is O=S(=O)(c1ccc2cccc3c2c1CC=C3)N1CCCCC1. The Bertz CT molecular complexity index is 862. The summed E-state index contributed by atoms with van der Waals surface area (Å²) in [5.41, 5.74) is 2.08. The molecule has 4 heteroatoms. The monoisotopic (exact) mass is 313 g/mol. The van der Waals surface area contributed by atoms with Gasteiger partial charge in [-0.2, -0.15) is 4.31 Å². The molecule has 1 heterocycles. The van der Waals surface area contributed by atoms with E-state index in [1.165, 1.54) is 0 Å². The summed E-state index contributed by atoms with van der Waals surface area (Å²) >= 11 is 0. The molecule has 3 nitrogen and oxygen atoms in total. The molecule has 114 valence electrons. The van der Waals surface area contributed by atoms with Gasteiger partial charge in [0.25, 0.3) is 0 Å². The summed E-state index contributed by atoms with van der Waals surface area (Å²) in [6.45, 7) is 1.30. The van der Waals surface area contributed by atoms with Gasteiger partial charge in [-0.3, -0.25) is 0 Å². The van der Waals surface area contributed by atoms with Crippen LogP contribution in [0.25, 0.3) is 16.8 Å². The van der Waals surface area contributed by atoms with Crippen molar-refractivity contribution in [3.63, 3.8) is 0 Å². The first-order chi connectivity index (χ1) is 10.7. The topological polar surface area (TPSA) is 37.4 Å². The molecule has 0 aromatic heterocycles. The van der Waals surface area contributed by atoms with Crippen LogP contribution in [0.5, 0.6) is 0 Å². The van der Waals surface area contributed by atoms with Crippen LogP contribution in [0, 0.1) is 0 Å². The van der Waals surface area contributed by atoms with Crippen molar-refractivity contribution >= 4 is 26.9 Å². The molecule has 0 saturated carbocycles. The molecule has 2 aromatic rings. The summed E-state index contributed by atoms with van der Waals surface area (Å²) in [5.74, 6) is 0. The Morgan fingerprint density at radius 3 is 2.59 bits per heavy atom. The molecule has 0 spiro atoms. The minimum atomic E-state index is -3.38. The fraction of sp³-hybridized carbons (Fsp3) is 0.333. The van der Waals surface area contributed by atoms with Crippen molar-refractivity contribution < 1.29 is 8.42 Å². The largest absolute Gasteiger partial charge is 0.243 e. The summed E-state index contributed by atoms with van der Waals surface area (Å²) in [6, 6.07) is 9.87. The number of sulfonamides is 1. The average Bonchev–Trinajstić information content (AvgIpc) is 2.56. The van der Waals surface area contributed by atoms with E-state index < -0.39 is 10.0 Å².